The van der Waals surface area contributed by atoms with E-state index in [1.165, 1.54) is 6.07 Å². The van der Waals surface area contributed by atoms with E-state index in [0.717, 1.165) is 12.8 Å². The average molecular weight is 292 g/mol. The first kappa shape index (κ1) is 15.8. The van der Waals surface area contributed by atoms with Crippen LogP contribution in [0.25, 0.3) is 0 Å². The largest absolute Gasteiger partial charge is 0.399 e. The van der Waals surface area contributed by atoms with E-state index in [0.29, 0.717) is 36.7 Å². The minimum Gasteiger partial charge on any atom is -0.399 e. The van der Waals surface area contributed by atoms with Crippen LogP contribution in [-0.4, -0.2) is 17.4 Å². The summed E-state index contributed by atoms with van der Waals surface area (Å²) in [5, 5.41) is 0. The van der Waals surface area contributed by atoms with Gasteiger partial charge in [0.15, 0.2) is 0 Å². The van der Waals surface area contributed by atoms with E-state index in [1.807, 2.05) is 0 Å². The number of carbonyl (C=O) groups is 1. The number of nitrogens with two attached hydrogens (primary N) is 1. The molecule has 0 aromatic heterocycles. The highest BCUT2D eigenvalue weighted by atomic mass is 19.1. The van der Waals surface area contributed by atoms with Gasteiger partial charge in [-0.2, -0.15) is 0 Å². The topological polar surface area (TPSA) is 46.3 Å². The number of carbonyl (C=O) groups excluding carboxylic acids is 1. The van der Waals surface area contributed by atoms with Gasteiger partial charge in [-0.1, -0.05) is 26.8 Å². The molecule has 1 atom stereocenters. The zero-order chi connectivity index (χ0) is 15.6. The van der Waals surface area contributed by atoms with Gasteiger partial charge < -0.3 is 10.6 Å². The lowest BCUT2D eigenvalue weighted by Gasteiger charge is -2.29. The van der Waals surface area contributed by atoms with Gasteiger partial charge in [0.1, 0.15) is 5.82 Å². The van der Waals surface area contributed by atoms with Gasteiger partial charge in [0.05, 0.1) is 0 Å². The average Bonchev–Trinajstić information content (AvgIpc) is 2.55. The number of amides is 1. The van der Waals surface area contributed by atoms with E-state index in [1.54, 1.807) is 17.0 Å². The molecule has 0 radical (unpaired) electrons. The Hall–Kier alpha value is -1.58. The molecule has 0 spiro atoms. The second-order valence-corrected chi connectivity index (χ2v) is 7.06. The molecule has 1 aliphatic rings. The molecular formula is C17H25FN2O. The quantitative estimate of drug-likeness (QED) is 0.847. The van der Waals surface area contributed by atoms with Crippen LogP contribution in [0.15, 0.2) is 18.2 Å². The fraction of sp³-hybridized carbons (Fsp3) is 0.588. The maximum atomic E-state index is 13.9. The van der Waals surface area contributed by atoms with Gasteiger partial charge in [0, 0.05) is 30.8 Å². The SMILES string of the molecule is CC(C)(C)C1CCC(=O)N(Cc2ccc(N)cc2F)CC1. The molecule has 1 aliphatic heterocycles. The molecule has 1 unspecified atom stereocenters. The predicted octanol–water partition coefficient (Wildman–Crippen LogP) is 3.58. The number of hydrogen-bond acceptors (Lipinski definition) is 2. The van der Waals surface area contributed by atoms with Crippen LogP contribution in [0.1, 0.15) is 45.6 Å². The van der Waals surface area contributed by atoms with Gasteiger partial charge in [-0.15, -0.1) is 0 Å². The Morgan fingerprint density at radius 2 is 2.05 bits per heavy atom. The standard InChI is InChI=1S/C17H25FN2O/c1-17(2,3)13-5-7-16(21)20(9-8-13)11-12-4-6-14(19)10-15(12)18/h4,6,10,13H,5,7-9,11,19H2,1-3H3. The second-order valence-electron chi connectivity index (χ2n) is 7.06. The Kier molecular flexibility index (Phi) is 4.55. The highest BCUT2D eigenvalue weighted by molar-refractivity contribution is 5.76. The summed E-state index contributed by atoms with van der Waals surface area (Å²) in [7, 11) is 0. The van der Waals surface area contributed by atoms with Crippen LogP contribution in [-0.2, 0) is 11.3 Å². The summed E-state index contributed by atoms with van der Waals surface area (Å²) >= 11 is 0. The Bertz CT molecular complexity index is 522. The third kappa shape index (κ3) is 3.96. The van der Waals surface area contributed by atoms with E-state index in [9.17, 15) is 9.18 Å². The van der Waals surface area contributed by atoms with E-state index in [2.05, 4.69) is 20.8 Å². The minimum atomic E-state index is -0.334. The van der Waals surface area contributed by atoms with Crippen molar-refractivity contribution < 1.29 is 9.18 Å². The van der Waals surface area contributed by atoms with Crippen LogP contribution in [0.5, 0.6) is 0 Å². The predicted molar refractivity (Wildman–Crippen MR) is 83.0 cm³/mol. The zero-order valence-corrected chi connectivity index (χ0v) is 13.2. The number of likely N-dealkylation sites (tertiary alicyclic amines) is 1. The third-order valence-corrected chi connectivity index (χ3v) is 4.47. The van der Waals surface area contributed by atoms with Crippen LogP contribution >= 0.6 is 0 Å². The Morgan fingerprint density at radius 3 is 2.67 bits per heavy atom. The molecule has 1 aromatic carbocycles. The number of nitrogens with zero attached hydrogens (tertiary/aromatic N) is 1. The maximum absolute atomic E-state index is 13.9. The Balaban J connectivity index is 2.08. The summed E-state index contributed by atoms with van der Waals surface area (Å²) in [6.45, 7) is 7.69. The first-order valence-electron chi connectivity index (χ1n) is 7.59. The summed E-state index contributed by atoms with van der Waals surface area (Å²) in [6, 6.07) is 4.67. The molecule has 4 heteroatoms. The lowest BCUT2D eigenvalue weighted by molar-refractivity contribution is -0.131. The highest BCUT2D eigenvalue weighted by Crippen LogP contribution is 2.34. The molecule has 3 nitrogen and oxygen atoms in total. The van der Waals surface area contributed by atoms with Crippen molar-refractivity contribution in [2.45, 2.75) is 46.6 Å². The molecule has 0 saturated carbocycles. The highest BCUT2D eigenvalue weighted by Gasteiger charge is 2.30. The molecule has 116 valence electrons. The number of anilines is 1. The monoisotopic (exact) mass is 292 g/mol. The van der Waals surface area contributed by atoms with Gasteiger partial charge in [-0.25, -0.2) is 4.39 Å². The fourth-order valence-electron chi connectivity index (χ4n) is 2.97. The van der Waals surface area contributed by atoms with E-state index >= 15 is 0 Å². The van der Waals surface area contributed by atoms with Gasteiger partial charge in [0.25, 0.3) is 0 Å². The van der Waals surface area contributed by atoms with Crippen molar-refractivity contribution in [1.82, 2.24) is 4.90 Å². The normalized spacial score (nSPS) is 20.5. The van der Waals surface area contributed by atoms with Crippen molar-refractivity contribution in [3.05, 3.63) is 29.6 Å². The van der Waals surface area contributed by atoms with Crippen LogP contribution in [0, 0.1) is 17.2 Å². The van der Waals surface area contributed by atoms with Crippen molar-refractivity contribution in [3.8, 4) is 0 Å². The van der Waals surface area contributed by atoms with Crippen molar-refractivity contribution in [3.63, 3.8) is 0 Å². The summed E-state index contributed by atoms with van der Waals surface area (Å²) in [4.78, 5) is 14.0. The van der Waals surface area contributed by atoms with Gasteiger partial charge in [0.2, 0.25) is 5.91 Å². The van der Waals surface area contributed by atoms with Crippen LogP contribution in [0.4, 0.5) is 10.1 Å². The molecule has 0 bridgehead atoms. The molecule has 1 fully saturated rings. The van der Waals surface area contributed by atoms with Crippen LogP contribution in [0.3, 0.4) is 0 Å². The van der Waals surface area contributed by atoms with E-state index in [4.69, 9.17) is 5.73 Å². The summed E-state index contributed by atoms with van der Waals surface area (Å²) in [5.74, 6) is 0.320. The summed E-state index contributed by atoms with van der Waals surface area (Å²) in [5.41, 5.74) is 6.71. The van der Waals surface area contributed by atoms with Gasteiger partial charge >= 0.3 is 0 Å². The molecular weight excluding hydrogens is 267 g/mol. The molecule has 2 rings (SSSR count). The maximum Gasteiger partial charge on any atom is 0.222 e. The molecule has 1 aromatic rings. The lowest BCUT2D eigenvalue weighted by atomic mass is 9.77. The lowest BCUT2D eigenvalue weighted by Crippen LogP contribution is -2.30. The van der Waals surface area contributed by atoms with Crippen molar-refractivity contribution >= 4 is 11.6 Å². The summed E-state index contributed by atoms with van der Waals surface area (Å²) in [6.07, 6.45) is 2.45. The van der Waals surface area contributed by atoms with Crippen molar-refractivity contribution in [1.29, 1.82) is 0 Å². The molecule has 1 heterocycles. The number of nitrogen functional groups attached to an aromatic ring is 1. The minimum absolute atomic E-state index is 0.123. The molecule has 0 aliphatic carbocycles. The van der Waals surface area contributed by atoms with E-state index in [-0.39, 0.29) is 17.1 Å². The van der Waals surface area contributed by atoms with Crippen LogP contribution in [0.2, 0.25) is 0 Å². The molecule has 1 saturated heterocycles. The number of rotatable bonds is 2. The zero-order valence-electron chi connectivity index (χ0n) is 13.2. The van der Waals surface area contributed by atoms with E-state index < -0.39 is 0 Å². The Morgan fingerprint density at radius 1 is 1.33 bits per heavy atom. The first-order valence-corrected chi connectivity index (χ1v) is 7.59. The first-order chi connectivity index (χ1) is 9.77. The number of hydrogen-bond donors (Lipinski definition) is 1. The smallest absolute Gasteiger partial charge is 0.222 e. The van der Waals surface area contributed by atoms with Gasteiger partial charge in [-0.05, 0) is 36.3 Å². The Labute approximate surface area is 126 Å². The van der Waals surface area contributed by atoms with Crippen molar-refractivity contribution in [2.75, 3.05) is 12.3 Å². The molecule has 2 N–H and O–H groups in total. The number of halogens is 1. The molecule has 1 amide bonds. The van der Waals surface area contributed by atoms with Gasteiger partial charge in [-0.3, -0.25) is 4.79 Å². The molecule has 21 heavy (non-hydrogen) atoms. The number of benzene rings is 1. The summed E-state index contributed by atoms with van der Waals surface area (Å²) < 4.78 is 13.9. The van der Waals surface area contributed by atoms with Crippen molar-refractivity contribution in [2.24, 2.45) is 11.3 Å². The third-order valence-electron chi connectivity index (χ3n) is 4.47. The van der Waals surface area contributed by atoms with Crippen LogP contribution < -0.4 is 5.73 Å². The fourth-order valence-corrected chi connectivity index (χ4v) is 2.97. The second kappa shape index (κ2) is 6.04.